The number of aliphatic hydroxyl groups is 5. The Bertz CT molecular complexity index is 1930. The van der Waals surface area contributed by atoms with Crippen molar-refractivity contribution in [1.82, 2.24) is 19.5 Å². The van der Waals surface area contributed by atoms with E-state index in [-0.39, 0.29) is 13.0 Å². The summed E-state index contributed by atoms with van der Waals surface area (Å²) in [4.78, 5) is 13.3. The molecule has 1 aliphatic heterocycles. The van der Waals surface area contributed by atoms with Crippen LogP contribution in [0.4, 0.5) is 5.82 Å². The maximum absolute atomic E-state index is 11.3. The van der Waals surface area contributed by atoms with Crippen LogP contribution < -0.4 is 5.32 Å². The van der Waals surface area contributed by atoms with Crippen molar-refractivity contribution < 1.29 is 30.3 Å². The molecule has 6 aromatic rings. The zero-order valence-electron chi connectivity index (χ0n) is 21.7. The Morgan fingerprint density at radius 2 is 1.68 bits per heavy atom. The topological polar surface area (TPSA) is 166 Å². The van der Waals surface area contributed by atoms with Crippen LogP contribution in [0.2, 0.25) is 0 Å². The molecule has 208 valence electrons. The molecule has 41 heavy (non-hydrogen) atoms. The van der Waals surface area contributed by atoms with Gasteiger partial charge in [-0.15, -0.1) is 0 Å². The molecule has 0 bridgehead atoms. The zero-order valence-corrected chi connectivity index (χ0v) is 21.7. The minimum Gasteiger partial charge on any atom is -0.394 e. The highest BCUT2D eigenvalue weighted by atomic mass is 16.5. The van der Waals surface area contributed by atoms with Gasteiger partial charge in [0.15, 0.2) is 17.0 Å². The van der Waals surface area contributed by atoms with Gasteiger partial charge in [-0.3, -0.25) is 4.57 Å². The van der Waals surface area contributed by atoms with Gasteiger partial charge in [-0.1, -0.05) is 42.5 Å². The van der Waals surface area contributed by atoms with Crippen molar-refractivity contribution in [2.75, 3.05) is 11.9 Å². The van der Waals surface area contributed by atoms with Crippen LogP contribution in [0, 0.1) is 0 Å². The number of aliphatic hydroxyl groups excluding tert-OH is 5. The number of aromatic nitrogens is 4. The minimum atomic E-state index is -1.44. The van der Waals surface area contributed by atoms with E-state index in [1.807, 2.05) is 30.3 Å². The summed E-state index contributed by atoms with van der Waals surface area (Å²) in [6, 6.07) is 15.3. The third-order valence-corrected chi connectivity index (χ3v) is 8.71. The molecule has 0 radical (unpaired) electrons. The van der Waals surface area contributed by atoms with Gasteiger partial charge in [-0.05, 0) is 49.5 Å². The van der Waals surface area contributed by atoms with Gasteiger partial charge >= 0.3 is 0 Å². The van der Waals surface area contributed by atoms with Crippen molar-refractivity contribution in [2.24, 2.45) is 0 Å². The summed E-state index contributed by atoms with van der Waals surface area (Å²) < 4.78 is 7.48. The summed E-state index contributed by atoms with van der Waals surface area (Å²) in [7, 11) is 0. The number of benzene rings is 4. The molecule has 6 N–H and O–H groups in total. The third-order valence-electron chi connectivity index (χ3n) is 8.71. The Morgan fingerprint density at radius 3 is 2.46 bits per heavy atom. The first-order valence-electron chi connectivity index (χ1n) is 13.6. The molecule has 4 aromatic carbocycles. The first-order valence-corrected chi connectivity index (χ1v) is 13.6. The maximum atomic E-state index is 11.3. The molecule has 0 saturated carbocycles. The Balaban J connectivity index is 1.28. The van der Waals surface area contributed by atoms with Crippen LogP contribution in [0.15, 0.2) is 61.2 Å². The minimum absolute atomic E-state index is 0.265. The molecular formula is C30H27N5O6. The largest absolute Gasteiger partial charge is 0.394 e. The van der Waals surface area contributed by atoms with Crippen molar-refractivity contribution in [1.29, 1.82) is 0 Å². The number of hydrogen-bond acceptors (Lipinski definition) is 10. The molecule has 3 heterocycles. The fraction of sp³-hybridized carbons (Fsp3) is 0.300. The molecule has 0 unspecified atom stereocenters. The van der Waals surface area contributed by atoms with Crippen molar-refractivity contribution in [2.45, 2.75) is 49.2 Å². The van der Waals surface area contributed by atoms with Crippen LogP contribution in [0.25, 0.3) is 43.5 Å². The Morgan fingerprint density at radius 1 is 0.902 bits per heavy atom. The third kappa shape index (κ3) is 3.51. The van der Waals surface area contributed by atoms with Crippen molar-refractivity contribution in [3.8, 4) is 0 Å². The van der Waals surface area contributed by atoms with Crippen molar-refractivity contribution in [3.05, 3.63) is 72.3 Å². The van der Waals surface area contributed by atoms with Crippen LogP contribution >= 0.6 is 0 Å². The van der Waals surface area contributed by atoms with Crippen molar-refractivity contribution >= 4 is 49.3 Å². The molecule has 7 atom stereocenters. The number of anilines is 1. The lowest BCUT2D eigenvalue weighted by Crippen LogP contribution is -2.44. The first-order chi connectivity index (χ1) is 19.9. The van der Waals surface area contributed by atoms with Gasteiger partial charge in [0, 0.05) is 6.42 Å². The lowest BCUT2D eigenvalue weighted by Gasteiger charge is -2.39. The smallest absolute Gasteiger partial charge is 0.167 e. The summed E-state index contributed by atoms with van der Waals surface area (Å²) >= 11 is 0. The lowest BCUT2D eigenvalue weighted by atomic mass is 9.77. The highest BCUT2D eigenvalue weighted by Gasteiger charge is 2.43. The number of hydrogen-bond donors (Lipinski definition) is 6. The molecule has 1 fully saturated rings. The van der Waals surface area contributed by atoms with Gasteiger partial charge < -0.3 is 35.6 Å². The second-order valence-corrected chi connectivity index (χ2v) is 10.9. The van der Waals surface area contributed by atoms with E-state index in [2.05, 4.69) is 38.5 Å². The van der Waals surface area contributed by atoms with E-state index in [0.29, 0.717) is 28.1 Å². The number of ether oxygens (including phenoxy) is 1. The lowest BCUT2D eigenvalue weighted by molar-refractivity contribution is -0.0766. The van der Waals surface area contributed by atoms with Gasteiger partial charge in [-0.25, -0.2) is 15.0 Å². The monoisotopic (exact) mass is 553 g/mol. The first kappa shape index (κ1) is 24.8. The molecular weight excluding hydrogens is 526 g/mol. The Hall–Kier alpha value is -3.97. The molecule has 11 nitrogen and oxygen atoms in total. The van der Waals surface area contributed by atoms with Crippen LogP contribution in [0.3, 0.4) is 0 Å². The Labute approximate surface area is 232 Å². The van der Waals surface area contributed by atoms with Gasteiger partial charge in [0.2, 0.25) is 0 Å². The summed E-state index contributed by atoms with van der Waals surface area (Å²) in [5.74, 6) is 0.329. The summed E-state index contributed by atoms with van der Waals surface area (Å²) in [5.41, 5.74) is 2.07. The SMILES string of the molecule is OC[C@H]1O[C@@H](n2cnc3c(N[C@H]4c5c(cc6ccc7cccc8ccc5c6c78)[C@@H](O)[C@H](O)[C@@H]4O)ncnc32)C[C@@H]1O. The van der Waals surface area contributed by atoms with E-state index in [1.165, 1.54) is 6.33 Å². The standard InChI is InChI=1S/C30H27N5O6/c36-10-19-18(37)9-20(41-19)35-12-33-25-29(31-11-32-30(25)35)34-24-23-16-7-6-14-3-1-2-13-4-5-15(22(16)21(13)14)8-17(23)26(38)28(40)27(24)39/h1-8,11-12,18-20,24,26-28,36-40H,9-10H2,(H,31,32,34)/t18-,19+,20+,24-,26+,27+,28-/m0/s1. The van der Waals surface area contributed by atoms with Gasteiger partial charge in [0.05, 0.1) is 25.1 Å². The predicted molar refractivity (Wildman–Crippen MR) is 150 cm³/mol. The Kier molecular flexibility index (Phi) is 5.45. The number of fused-ring (bicyclic) bond motifs is 3. The summed E-state index contributed by atoms with van der Waals surface area (Å²) in [5, 5.41) is 62.5. The molecule has 1 saturated heterocycles. The highest BCUT2D eigenvalue weighted by molar-refractivity contribution is 6.24. The van der Waals surface area contributed by atoms with E-state index in [0.717, 1.165) is 32.3 Å². The number of nitrogens with zero attached hydrogens (tertiary/aromatic N) is 4. The van der Waals surface area contributed by atoms with Crippen molar-refractivity contribution in [3.63, 3.8) is 0 Å². The van der Waals surface area contributed by atoms with Crippen LogP contribution in [0.5, 0.6) is 0 Å². The summed E-state index contributed by atoms with van der Waals surface area (Å²) in [6.45, 7) is -0.304. The maximum Gasteiger partial charge on any atom is 0.167 e. The molecule has 0 spiro atoms. The molecule has 8 rings (SSSR count). The molecule has 1 aliphatic carbocycles. The van der Waals surface area contributed by atoms with Crippen LogP contribution in [0.1, 0.15) is 35.9 Å². The van der Waals surface area contributed by atoms with Crippen LogP contribution in [-0.4, -0.2) is 76.1 Å². The zero-order chi connectivity index (χ0) is 28.0. The number of nitrogens with one attached hydrogen (secondary N) is 1. The highest BCUT2D eigenvalue weighted by Crippen LogP contribution is 2.46. The van der Waals surface area contributed by atoms with E-state index in [1.54, 1.807) is 10.9 Å². The second-order valence-electron chi connectivity index (χ2n) is 10.9. The number of imidazole rings is 1. The second kappa shape index (κ2) is 9.02. The molecule has 11 heteroatoms. The summed E-state index contributed by atoms with van der Waals surface area (Å²) in [6.07, 6.45) is -3.00. The molecule has 2 aliphatic rings. The average molecular weight is 554 g/mol. The molecule has 2 aromatic heterocycles. The van der Waals surface area contributed by atoms with E-state index in [9.17, 15) is 25.5 Å². The normalized spacial score (nSPS) is 28.3. The predicted octanol–water partition coefficient (Wildman–Crippen LogP) is 2.29. The van der Waals surface area contributed by atoms with E-state index >= 15 is 0 Å². The van der Waals surface area contributed by atoms with E-state index in [4.69, 9.17) is 4.74 Å². The van der Waals surface area contributed by atoms with Gasteiger partial charge in [0.1, 0.15) is 37.0 Å². The number of rotatable bonds is 4. The fourth-order valence-electron chi connectivity index (χ4n) is 6.71. The quantitative estimate of drug-likeness (QED) is 0.178. The van der Waals surface area contributed by atoms with Crippen LogP contribution in [-0.2, 0) is 4.74 Å². The van der Waals surface area contributed by atoms with E-state index < -0.39 is 42.8 Å². The average Bonchev–Trinajstić information content (AvgIpc) is 3.60. The fourth-order valence-corrected chi connectivity index (χ4v) is 6.71. The van der Waals surface area contributed by atoms with Gasteiger partial charge in [0.25, 0.3) is 0 Å². The molecule has 0 amide bonds. The van der Waals surface area contributed by atoms with Gasteiger partial charge in [-0.2, -0.15) is 0 Å².